The Morgan fingerprint density at radius 2 is 2.29 bits per heavy atom. The van der Waals surface area contributed by atoms with Gasteiger partial charge < -0.3 is 16.2 Å². The lowest BCUT2D eigenvalue weighted by Gasteiger charge is -2.09. The van der Waals surface area contributed by atoms with Gasteiger partial charge >= 0.3 is 0 Å². The molecule has 0 radical (unpaired) electrons. The molecule has 0 aliphatic carbocycles. The van der Waals surface area contributed by atoms with Crippen molar-refractivity contribution in [2.45, 2.75) is 19.1 Å². The van der Waals surface area contributed by atoms with Crippen LogP contribution in [0.5, 0.6) is 0 Å². The third-order valence-electron chi connectivity index (χ3n) is 1.71. The molecule has 4 N–H and O–H groups in total. The standard InChI is InChI=1S/C8H12F2N2OS/c9-8(10)6(13)3-12-4-7-5(11)1-2-14-7/h1-2,6,8,12-13H,3-4,11H2. The van der Waals surface area contributed by atoms with Crippen molar-refractivity contribution in [1.29, 1.82) is 0 Å². The first-order valence-electron chi connectivity index (χ1n) is 4.10. The number of nitrogens with two attached hydrogens (primary N) is 1. The first-order chi connectivity index (χ1) is 6.61. The second-order valence-electron chi connectivity index (χ2n) is 2.83. The van der Waals surface area contributed by atoms with Gasteiger partial charge in [-0.1, -0.05) is 0 Å². The number of alkyl halides is 2. The summed E-state index contributed by atoms with van der Waals surface area (Å²) in [5.74, 6) is 0. The lowest BCUT2D eigenvalue weighted by Crippen LogP contribution is -2.31. The molecule has 0 spiro atoms. The van der Waals surface area contributed by atoms with E-state index in [1.807, 2.05) is 5.38 Å². The van der Waals surface area contributed by atoms with E-state index in [-0.39, 0.29) is 6.54 Å². The van der Waals surface area contributed by atoms with Crippen LogP contribution < -0.4 is 11.1 Å². The molecule has 1 atom stereocenters. The number of hydrogen-bond acceptors (Lipinski definition) is 4. The van der Waals surface area contributed by atoms with E-state index in [4.69, 9.17) is 10.8 Å². The Morgan fingerprint density at radius 3 is 2.79 bits per heavy atom. The van der Waals surface area contributed by atoms with Gasteiger partial charge in [0.2, 0.25) is 0 Å². The van der Waals surface area contributed by atoms with Crippen LogP contribution in [0.1, 0.15) is 4.88 Å². The van der Waals surface area contributed by atoms with Crippen LogP contribution in [-0.2, 0) is 6.54 Å². The normalized spacial score (nSPS) is 13.4. The third-order valence-corrected chi connectivity index (χ3v) is 2.65. The van der Waals surface area contributed by atoms with Gasteiger partial charge in [-0.3, -0.25) is 0 Å². The van der Waals surface area contributed by atoms with E-state index in [0.29, 0.717) is 12.2 Å². The summed E-state index contributed by atoms with van der Waals surface area (Å²) in [6, 6.07) is 1.76. The minimum Gasteiger partial charge on any atom is -0.398 e. The van der Waals surface area contributed by atoms with E-state index in [0.717, 1.165) is 4.88 Å². The third kappa shape index (κ3) is 3.21. The number of aliphatic hydroxyl groups is 1. The highest BCUT2D eigenvalue weighted by Crippen LogP contribution is 2.18. The maximum Gasteiger partial charge on any atom is 0.265 e. The van der Waals surface area contributed by atoms with Crippen molar-refractivity contribution in [1.82, 2.24) is 5.32 Å². The quantitative estimate of drug-likeness (QED) is 0.698. The molecule has 0 bridgehead atoms. The van der Waals surface area contributed by atoms with Gasteiger partial charge in [-0.25, -0.2) is 8.78 Å². The fraction of sp³-hybridized carbons (Fsp3) is 0.500. The second-order valence-corrected chi connectivity index (χ2v) is 3.83. The van der Waals surface area contributed by atoms with Gasteiger partial charge in [-0.05, 0) is 11.4 Å². The van der Waals surface area contributed by atoms with E-state index in [2.05, 4.69) is 5.32 Å². The van der Waals surface area contributed by atoms with Crippen molar-refractivity contribution in [3.8, 4) is 0 Å². The number of aliphatic hydroxyl groups excluding tert-OH is 1. The SMILES string of the molecule is Nc1ccsc1CNCC(O)C(F)F. The van der Waals surface area contributed by atoms with Crippen LogP contribution in [0.2, 0.25) is 0 Å². The van der Waals surface area contributed by atoms with E-state index < -0.39 is 12.5 Å². The van der Waals surface area contributed by atoms with Crippen molar-refractivity contribution >= 4 is 17.0 Å². The summed E-state index contributed by atoms with van der Waals surface area (Å²) >= 11 is 1.45. The molecule has 0 aliphatic heterocycles. The molecule has 0 fully saturated rings. The Morgan fingerprint density at radius 1 is 1.57 bits per heavy atom. The summed E-state index contributed by atoms with van der Waals surface area (Å²) in [7, 11) is 0. The van der Waals surface area contributed by atoms with Crippen LogP contribution in [0.25, 0.3) is 0 Å². The Hall–Kier alpha value is -0.720. The molecule has 80 valence electrons. The fourth-order valence-corrected chi connectivity index (χ4v) is 1.69. The highest BCUT2D eigenvalue weighted by molar-refractivity contribution is 7.10. The molecule has 1 aromatic heterocycles. The van der Waals surface area contributed by atoms with Crippen molar-refractivity contribution in [3.05, 3.63) is 16.3 Å². The van der Waals surface area contributed by atoms with E-state index >= 15 is 0 Å². The fourth-order valence-electron chi connectivity index (χ4n) is 0.917. The minimum atomic E-state index is -2.71. The smallest absolute Gasteiger partial charge is 0.265 e. The Labute approximate surface area is 84.5 Å². The van der Waals surface area contributed by atoms with Crippen LogP contribution in [0.3, 0.4) is 0 Å². The Balaban J connectivity index is 2.25. The van der Waals surface area contributed by atoms with Gasteiger partial charge in [-0.2, -0.15) is 0 Å². The van der Waals surface area contributed by atoms with Gasteiger partial charge in [0.05, 0.1) is 0 Å². The number of anilines is 1. The zero-order valence-electron chi connectivity index (χ0n) is 7.41. The monoisotopic (exact) mass is 222 g/mol. The Bertz CT molecular complexity index is 280. The molecule has 0 aliphatic rings. The molecule has 0 amide bonds. The highest BCUT2D eigenvalue weighted by Gasteiger charge is 2.15. The number of nitrogen functional groups attached to an aromatic ring is 1. The summed E-state index contributed by atoms with van der Waals surface area (Å²) in [5, 5.41) is 13.3. The van der Waals surface area contributed by atoms with Gasteiger partial charge in [0.1, 0.15) is 6.10 Å². The maximum atomic E-state index is 11.9. The number of thiophene rings is 1. The average molecular weight is 222 g/mol. The maximum absolute atomic E-state index is 11.9. The molecule has 0 aromatic carbocycles. The summed E-state index contributed by atoms with van der Waals surface area (Å²) in [6.07, 6.45) is -4.32. The minimum absolute atomic E-state index is 0.130. The van der Waals surface area contributed by atoms with Crippen molar-refractivity contribution < 1.29 is 13.9 Å². The predicted molar refractivity (Wildman–Crippen MR) is 52.4 cm³/mol. The largest absolute Gasteiger partial charge is 0.398 e. The molecule has 3 nitrogen and oxygen atoms in total. The molecule has 0 saturated carbocycles. The molecular weight excluding hydrogens is 210 g/mol. The van der Waals surface area contributed by atoms with Gasteiger partial charge in [0.25, 0.3) is 6.43 Å². The number of halogens is 2. The zero-order chi connectivity index (χ0) is 10.6. The highest BCUT2D eigenvalue weighted by atomic mass is 32.1. The summed E-state index contributed by atoms with van der Waals surface area (Å²) in [5.41, 5.74) is 6.22. The predicted octanol–water partition coefficient (Wildman–Crippen LogP) is 1.05. The zero-order valence-corrected chi connectivity index (χ0v) is 8.23. The van der Waals surface area contributed by atoms with Gasteiger partial charge in [0.15, 0.2) is 0 Å². The molecule has 1 aromatic rings. The molecule has 14 heavy (non-hydrogen) atoms. The van der Waals surface area contributed by atoms with Crippen LogP contribution >= 0.6 is 11.3 Å². The average Bonchev–Trinajstić information content (AvgIpc) is 2.51. The van der Waals surface area contributed by atoms with E-state index in [1.165, 1.54) is 11.3 Å². The molecule has 1 unspecified atom stereocenters. The molecule has 0 saturated heterocycles. The van der Waals surface area contributed by atoms with Crippen molar-refractivity contribution in [3.63, 3.8) is 0 Å². The lowest BCUT2D eigenvalue weighted by molar-refractivity contribution is -0.00337. The molecule has 1 heterocycles. The van der Waals surface area contributed by atoms with Crippen molar-refractivity contribution in [2.24, 2.45) is 0 Å². The first kappa shape index (κ1) is 11.4. The van der Waals surface area contributed by atoms with Crippen molar-refractivity contribution in [2.75, 3.05) is 12.3 Å². The van der Waals surface area contributed by atoms with E-state index in [9.17, 15) is 8.78 Å². The van der Waals surface area contributed by atoms with Gasteiger partial charge in [0, 0.05) is 23.7 Å². The summed E-state index contributed by atoms with van der Waals surface area (Å²) in [6.45, 7) is 0.280. The summed E-state index contributed by atoms with van der Waals surface area (Å²) in [4.78, 5) is 0.895. The topological polar surface area (TPSA) is 58.3 Å². The van der Waals surface area contributed by atoms with Crippen LogP contribution in [0, 0.1) is 0 Å². The molecule has 1 rings (SSSR count). The second kappa shape index (κ2) is 5.23. The van der Waals surface area contributed by atoms with Crippen LogP contribution in [-0.4, -0.2) is 24.2 Å². The van der Waals surface area contributed by atoms with Crippen LogP contribution in [0.4, 0.5) is 14.5 Å². The molecule has 6 heteroatoms. The Kier molecular flexibility index (Phi) is 4.24. The van der Waals surface area contributed by atoms with E-state index in [1.54, 1.807) is 6.07 Å². The van der Waals surface area contributed by atoms with Crippen LogP contribution in [0.15, 0.2) is 11.4 Å². The lowest BCUT2D eigenvalue weighted by atomic mass is 10.3. The molecular formula is C8H12F2N2OS. The number of hydrogen-bond donors (Lipinski definition) is 3. The first-order valence-corrected chi connectivity index (χ1v) is 4.98. The summed E-state index contributed by atoms with van der Waals surface area (Å²) < 4.78 is 23.7. The number of rotatable bonds is 5. The van der Waals surface area contributed by atoms with Gasteiger partial charge in [-0.15, -0.1) is 11.3 Å². The number of nitrogens with one attached hydrogen (secondary N) is 1.